The lowest BCUT2D eigenvalue weighted by atomic mass is 10.1. The van der Waals surface area contributed by atoms with E-state index in [4.69, 9.17) is 0 Å². The second kappa shape index (κ2) is 6.93. The van der Waals surface area contributed by atoms with Gasteiger partial charge in [-0.05, 0) is 17.2 Å². The summed E-state index contributed by atoms with van der Waals surface area (Å²) in [5.41, 5.74) is 1.77. The topological polar surface area (TPSA) is 75.1 Å². The Morgan fingerprint density at radius 2 is 1.69 bits per heavy atom. The number of benzene rings is 2. The summed E-state index contributed by atoms with van der Waals surface area (Å²) in [6.07, 6.45) is 1.46. The molecule has 1 atom stereocenters. The van der Waals surface area contributed by atoms with Crippen molar-refractivity contribution in [3.05, 3.63) is 78.6 Å². The molecule has 4 rings (SSSR count). The lowest BCUT2D eigenvalue weighted by Gasteiger charge is -2.15. The van der Waals surface area contributed by atoms with E-state index in [1.165, 1.54) is 6.33 Å². The molecule has 0 radical (unpaired) electrons. The molecule has 0 saturated carbocycles. The van der Waals surface area contributed by atoms with Gasteiger partial charge in [-0.3, -0.25) is 0 Å². The minimum absolute atomic E-state index is 0.518. The average Bonchev–Trinajstić information content (AvgIpc) is 3.12. The molecule has 0 amide bonds. The maximum absolute atomic E-state index is 11.8. The number of hydrogen-bond acceptors (Lipinski definition) is 5. The molecule has 0 fully saturated rings. The molecule has 2 N–H and O–H groups in total. The van der Waals surface area contributed by atoms with Gasteiger partial charge in [-0.2, -0.15) is 0 Å². The maximum Gasteiger partial charge on any atom is 0.330 e. The zero-order chi connectivity index (χ0) is 17.9. The number of carbonyl (C=O) groups is 1. The predicted octanol–water partition coefficient (Wildman–Crippen LogP) is 4.60. The van der Waals surface area contributed by atoms with Gasteiger partial charge in [0.05, 0.1) is 5.39 Å². The Bertz CT molecular complexity index is 1050. The maximum atomic E-state index is 11.8. The molecule has 0 aliphatic heterocycles. The van der Waals surface area contributed by atoms with Crippen molar-refractivity contribution in [1.82, 2.24) is 9.97 Å². The first-order chi connectivity index (χ1) is 12.7. The molecule has 0 spiro atoms. The normalized spacial score (nSPS) is 12.0. The third-order valence-electron chi connectivity index (χ3n) is 4.05. The van der Waals surface area contributed by atoms with E-state index in [0.717, 1.165) is 20.7 Å². The SMILES string of the molecule is O=C(O)[C@@H](Nc1ncnc2sc(-c3ccccc3)cc12)c1ccccc1. The molecule has 0 bridgehead atoms. The summed E-state index contributed by atoms with van der Waals surface area (Å²) in [6.45, 7) is 0. The van der Waals surface area contributed by atoms with Crippen LogP contribution in [0, 0.1) is 0 Å². The number of thiophene rings is 1. The van der Waals surface area contributed by atoms with Crippen LogP contribution in [0.3, 0.4) is 0 Å². The summed E-state index contributed by atoms with van der Waals surface area (Å²) in [5.74, 6) is -0.439. The Balaban J connectivity index is 1.74. The highest BCUT2D eigenvalue weighted by atomic mass is 32.1. The number of aliphatic carboxylic acids is 1. The van der Waals surface area contributed by atoms with Crippen molar-refractivity contribution in [2.45, 2.75) is 6.04 Å². The van der Waals surface area contributed by atoms with Crippen LogP contribution < -0.4 is 5.32 Å². The number of hydrogen-bond donors (Lipinski definition) is 2. The zero-order valence-corrected chi connectivity index (χ0v) is 14.5. The number of rotatable bonds is 5. The molecule has 2 aromatic heterocycles. The number of carboxylic acid groups (broad SMARTS) is 1. The van der Waals surface area contributed by atoms with Gasteiger partial charge >= 0.3 is 5.97 Å². The molecule has 0 unspecified atom stereocenters. The van der Waals surface area contributed by atoms with Gasteiger partial charge in [-0.15, -0.1) is 11.3 Å². The molecule has 2 heterocycles. The minimum atomic E-state index is -0.957. The van der Waals surface area contributed by atoms with Crippen LogP contribution in [-0.2, 0) is 4.79 Å². The van der Waals surface area contributed by atoms with Crippen LogP contribution in [0.5, 0.6) is 0 Å². The summed E-state index contributed by atoms with van der Waals surface area (Å²) < 4.78 is 0. The quantitative estimate of drug-likeness (QED) is 0.543. The van der Waals surface area contributed by atoms with Gasteiger partial charge in [0.2, 0.25) is 0 Å². The van der Waals surface area contributed by atoms with Crippen LogP contribution >= 0.6 is 11.3 Å². The summed E-state index contributed by atoms with van der Waals surface area (Å²) >= 11 is 1.56. The van der Waals surface area contributed by atoms with E-state index in [0.29, 0.717) is 11.4 Å². The Morgan fingerprint density at radius 3 is 2.38 bits per heavy atom. The van der Waals surface area contributed by atoms with E-state index in [9.17, 15) is 9.90 Å². The van der Waals surface area contributed by atoms with Crippen LogP contribution in [0.25, 0.3) is 20.7 Å². The second-order valence-corrected chi connectivity index (χ2v) is 6.77. The molecule has 128 valence electrons. The van der Waals surface area contributed by atoms with Crippen molar-refractivity contribution >= 4 is 33.3 Å². The van der Waals surface area contributed by atoms with E-state index < -0.39 is 12.0 Å². The van der Waals surface area contributed by atoms with Crippen molar-refractivity contribution in [3.8, 4) is 10.4 Å². The highest BCUT2D eigenvalue weighted by Crippen LogP contribution is 2.35. The molecule has 2 aromatic carbocycles. The fourth-order valence-corrected chi connectivity index (χ4v) is 3.79. The van der Waals surface area contributed by atoms with Gasteiger partial charge in [0.15, 0.2) is 6.04 Å². The fourth-order valence-electron chi connectivity index (χ4n) is 2.79. The van der Waals surface area contributed by atoms with Crippen LogP contribution in [0.2, 0.25) is 0 Å². The highest BCUT2D eigenvalue weighted by molar-refractivity contribution is 7.21. The highest BCUT2D eigenvalue weighted by Gasteiger charge is 2.21. The standard InChI is InChI=1S/C20H15N3O2S/c24-20(25)17(14-9-5-2-6-10-14)23-18-15-11-16(13-7-3-1-4-8-13)26-19(15)22-12-21-18/h1-12,17H,(H,24,25)(H,21,22,23)/t17-/m0/s1. The van der Waals surface area contributed by atoms with Gasteiger partial charge in [0.1, 0.15) is 17.0 Å². The predicted molar refractivity (Wildman–Crippen MR) is 103 cm³/mol. The summed E-state index contributed by atoms with van der Waals surface area (Å²) in [4.78, 5) is 22.3. The molecule has 5 nitrogen and oxygen atoms in total. The number of carboxylic acids is 1. The van der Waals surface area contributed by atoms with Gasteiger partial charge in [-0.1, -0.05) is 60.7 Å². The number of fused-ring (bicyclic) bond motifs is 1. The lowest BCUT2D eigenvalue weighted by molar-refractivity contribution is -0.138. The van der Waals surface area contributed by atoms with Crippen LogP contribution in [0.4, 0.5) is 5.82 Å². The first kappa shape index (κ1) is 16.2. The first-order valence-corrected chi connectivity index (χ1v) is 8.88. The van der Waals surface area contributed by atoms with Crippen LogP contribution in [0.15, 0.2) is 73.1 Å². The zero-order valence-electron chi connectivity index (χ0n) is 13.7. The minimum Gasteiger partial charge on any atom is -0.479 e. The monoisotopic (exact) mass is 361 g/mol. The fraction of sp³-hybridized carbons (Fsp3) is 0.0500. The van der Waals surface area contributed by atoms with E-state index in [1.54, 1.807) is 23.5 Å². The largest absolute Gasteiger partial charge is 0.479 e. The van der Waals surface area contributed by atoms with Crippen LogP contribution in [0.1, 0.15) is 11.6 Å². The number of nitrogens with one attached hydrogen (secondary N) is 1. The van der Waals surface area contributed by atoms with Crippen LogP contribution in [-0.4, -0.2) is 21.0 Å². The Morgan fingerprint density at radius 1 is 1.00 bits per heavy atom. The van der Waals surface area contributed by atoms with E-state index in [1.807, 2.05) is 54.6 Å². The Labute approximate surface area is 154 Å². The van der Waals surface area contributed by atoms with Crippen molar-refractivity contribution in [3.63, 3.8) is 0 Å². The summed E-state index contributed by atoms with van der Waals surface area (Å²) in [5, 5.41) is 13.5. The number of aromatic nitrogens is 2. The number of anilines is 1. The third-order valence-corrected chi connectivity index (χ3v) is 5.14. The van der Waals surface area contributed by atoms with Gasteiger partial charge in [0.25, 0.3) is 0 Å². The second-order valence-electron chi connectivity index (χ2n) is 5.74. The van der Waals surface area contributed by atoms with Gasteiger partial charge in [0, 0.05) is 4.88 Å². The lowest BCUT2D eigenvalue weighted by Crippen LogP contribution is -2.21. The van der Waals surface area contributed by atoms with E-state index in [2.05, 4.69) is 15.3 Å². The summed E-state index contributed by atoms with van der Waals surface area (Å²) in [6, 6.07) is 20.2. The van der Waals surface area contributed by atoms with E-state index >= 15 is 0 Å². The molecule has 0 aliphatic carbocycles. The smallest absolute Gasteiger partial charge is 0.330 e. The molecule has 4 aromatic rings. The van der Waals surface area contributed by atoms with Crippen molar-refractivity contribution < 1.29 is 9.90 Å². The molecule has 0 saturated heterocycles. The van der Waals surface area contributed by atoms with Gasteiger partial charge < -0.3 is 10.4 Å². The average molecular weight is 361 g/mol. The molecule has 0 aliphatic rings. The summed E-state index contributed by atoms with van der Waals surface area (Å²) in [7, 11) is 0. The first-order valence-electron chi connectivity index (χ1n) is 8.06. The van der Waals surface area contributed by atoms with Gasteiger partial charge in [-0.25, -0.2) is 14.8 Å². The molecule has 6 heteroatoms. The van der Waals surface area contributed by atoms with E-state index in [-0.39, 0.29) is 0 Å². The molecular weight excluding hydrogens is 346 g/mol. The Hall–Kier alpha value is -3.25. The van der Waals surface area contributed by atoms with Crippen molar-refractivity contribution in [2.75, 3.05) is 5.32 Å². The number of nitrogens with zero attached hydrogens (tertiary/aromatic N) is 2. The van der Waals surface area contributed by atoms with Crippen molar-refractivity contribution in [2.24, 2.45) is 0 Å². The molecule has 26 heavy (non-hydrogen) atoms. The third kappa shape index (κ3) is 3.14. The Kier molecular flexibility index (Phi) is 4.33. The molecular formula is C20H15N3O2S. The van der Waals surface area contributed by atoms with Crippen molar-refractivity contribution in [1.29, 1.82) is 0 Å².